The van der Waals surface area contributed by atoms with E-state index in [0.29, 0.717) is 29.1 Å². The number of thiazole rings is 1. The van der Waals surface area contributed by atoms with E-state index in [9.17, 15) is 4.79 Å². The fourth-order valence-corrected chi connectivity index (χ4v) is 5.44. The van der Waals surface area contributed by atoms with Crippen molar-refractivity contribution in [1.82, 2.24) is 29.9 Å². The zero-order valence-corrected chi connectivity index (χ0v) is 19.5. The number of rotatable bonds is 7. The molecule has 4 aromatic rings. The second kappa shape index (κ2) is 8.67. The summed E-state index contributed by atoms with van der Waals surface area (Å²) in [5.41, 5.74) is 3.93. The number of aryl methyl sites for hydroxylation is 1. The summed E-state index contributed by atoms with van der Waals surface area (Å²) >= 11 is 7.98. The normalized spacial score (nSPS) is 15.1. The van der Waals surface area contributed by atoms with Gasteiger partial charge >= 0.3 is 0 Å². The van der Waals surface area contributed by atoms with Crippen molar-refractivity contribution in [3.8, 4) is 5.82 Å². The average Bonchev–Trinajstić information content (AvgIpc) is 3.35. The summed E-state index contributed by atoms with van der Waals surface area (Å²) in [6.07, 6.45) is 11.0. The van der Waals surface area contributed by atoms with Gasteiger partial charge in [0.1, 0.15) is 16.1 Å². The Morgan fingerprint density at radius 3 is 2.69 bits per heavy atom. The summed E-state index contributed by atoms with van der Waals surface area (Å²) in [7, 11) is 0. The molecule has 0 aliphatic heterocycles. The molecular weight excluding hydrogens is 444 g/mol. The third kappa shape index (κ3) is 4.04. The summed E-state index contributed by atoms with van der Waals surface area (Å²) < 4.78 is 0. The van der Waals surface area contributed by atoms with Crippen LogP contribution in [0.1, 0.15) is 53.8 Å². The average molecular weight is 467 g/mol. The molecule has 9 heteroatoms. The molecule has 1 saturated carbocycles. The summed E-state index contributed by atoms with van der Waals surface area (Å²) in [6.45, 7) is 4.28. The molecule has 5 rings (SSSR count). The van der Waals surface area contributed by atoms with E-state index >= 15 is 0 Å². The van der Waals surface area contributed by atoms with Crippen LogP contribution in [0.4, 0.5) is 0 Å². The van der Waals surface area contributed by atoms with Gasteiger partial charge in [0.2, 0.25) is 0 Å². The number of hydrogen-bond acceptors (Lipinski definition) is 7. The van der Waals surface area contributed by atoms with Crippen LogP contribution in [0.25, 0.3) is 16.2 Å². The highest BCUT2D eigenvalue weighted by atomic mass is 35.5. The first-order chi connectivity index (χ1) is 15.5. The van der Waals surface area contributed by atoms with Crippen LogP contribution >= 0.6 is 22.9 Å². The molecular formula is C23H23ClN6OS. The third-order valence-electron chi connectivity index (χ3n) is 6.24. The smallest absolute Gasteiger partial charge is 0.193 e. The molecule has 32 heavy (non-hydrogen) atoms. The fourth-order valence-electron chi connectivity index (χ4n) is 4.40. The van der Waals surface area contributed by atoms with E-state index in [2.05, 4.69) is 27.1 Å². The highest BCUT2D eigenvalue weighted by Crippen LogP contribution is 2.42. The lowest BCUT2D eigenvalue weighted by molar-refractivity contribution is -0.117. The standard InChI is InChI=1S/C23H23ClN6OS/c1-13(16-4-3-5-16)20-17(12-26-23-21(20)29-14(2)32-23)10-18(31)8-15-9-19(24)22(25-11-15)30-27-6-7-28-30/h6-7,9,11-13,16H,3-5,8,10H2,1-2H3. The van der Waals surface area contributed by atoms with Crippen molar-refractivity contribution in [3.63, 3.8) is 0 Å². The Balaban J connectivity index is 1.39. The van der Waals surface area contributed by atoms with E-state index in [1.54, 1.807) is 36.0 Å². The van der Waals surface area contributed by atoms with Crippen molar-refractivity contribution in [3.05, 3.63) is 57.6 Å². The number of Topliss-reactive ketones (excluding diaryl/α,β-unsaturated/α-hetero) is 1. The molecule has 164 valence electrons. The second-order valence-corrected chi connectivity index (χ2v) is 10.0. The molecule has 0 radical (unpaired) electrons. The lowest BCUT2D eigenvalue weighted by Crippen LogP contribution is -2.20. The van der Waals surface area contributed by atoms with Crippen molar-refractivity contribution < 1.29 is 4.79 Å². The molecule has 1 fully saturated rings. The van der Waals surface area contributed by atoms with Gasteiger partial charge in [-0.2, -0.15) is 10.2 Å². The number of aromatic nitrogens is 6. The molecule has 0 spiro atoms. The number of pyridine rings is 2. The molecule has 1 unspecified atom stereocenters. The summed E-state index contributed by atoms with van der Waals surface area (Å²) in [5.74, 6) is 1.57. The highest BCUT2D eigenvalue weighted by Gasteiger charge is 2.29. The fraction of sp³-hybridized carbons (Fsp3) is 0.391. The van der Waals surface area contributed by atoms with Gasteiger partial charge in [0.25, 0.3) is 0 Å². The van der Waals surface area contributed by atoms with Crippen LogP contribution in [0, 0.1) is 12.8 Å². The Labute approximate surface area is 194 Å². The molecule has 0 saturated heterocycles. The Bertz CT molecular complexity index is 1280. The maximum Gasteiger partial charge on any atom is 0.193 e. The maximum atomic E-state index is 13.0. The first kappa shape index (κ1) is 21.2. The first-order valence-corrected chi connectivity index (χ1v) is 12.0. The summed E-state index contributed by atoms with van der Waals surface area (Å²) in [6, 6.07) is 1.76. The number of fused-ring (bicyclic) bond motifs is 1. The van der Waals surface area contributed by atoms with E-state index in [1.165, 1.54) is 29.6 Å². The number of carbonyl (C=O) groups is 1. The van der Waals surface area contributed by atoms with Gasteiger partial charge in [-0.15, -0.1) is 4.80 Å². The highest BCUT2D eigenvalue weighted by molar-refractivity contribution is 7.18. The molecule has 0 amide bonds. The minimum atomic E-state index is 0.1000. The molecule has 0 aromatic carbocycles. The molecule has 0 bridgehead atoms. The predicted molar refractivity (Wildman–Crippen MR) is 124 cm³/mol. The Morgan fingerprint density at radius 2 is 2.00 bits per heavy atom. The minimum absolute atomic E-state index is 0.1000. The topological polar surface area (TPSA) is 86.5 Å². The number of carbonyl (C=O) groups excluding carboxylic acids is 1. The van der Waals surface area contributed by atoms with Gasteiger partial charge in [-0.3, -0.25) is 4.79 Å². The van der Waals surface area contributed by atoms with Crippen molar-refractivity contribution in [2.75, 3.05) is 0 Å². The predicted octanol–water partition coefficient (Wildman–Crippen LogP) is 4.89. The zero-order valence-electron chi connectivity index (χ0n) is 18.0. The van der Waals surface area contributed by atoms with Crippen LogP contribution in [0.5, 0.6) is 0 Å². The lowest BCUT2D eigenvalue weighted by atomic mass is 9.72. The van der Waals surface area contributed by atoms with Crippen LogP contribution in [-0.4, -0.2) is 35.7 Å². The van der Waals surface area contributed by atoms with Gasteiger partial charge in [-0.25, -0.2) is 15.0 Å². The van der Waals surface area contributed by atoms with Gasteiger partial charge in [0, 0.05) is 25.2 Å². The molecule has 1 aliphatic carbocycles. The van der Waals surface area contributed by atoms with Crippen LogP contribution in [-0.2, 0) is 17.6 Å². The largest absolute Gasteiger partial charge is 0.299 e. The van der Waals surface area contributed by atoms with E-state index < -0.39 is 0 Å². The molecule has 1 aliphatic rings. The molecule has 4 aromatic heterocycles. The van der Waals surface area contributed by atoms with Gasteiger partial charge < -0.3 is 0 Å². The van der Waals surface area contributed by atoms with E-state index in [4.69, 9.17) is 16.6 Å². The monoisotopic (exact) mass is 466 g/mol. The SMILES string of the molecule is Cc1nc2c(C(C)C3CCC3)c(CC(=O)Cc3cnc(-n4nccn4)c(Cl)c3)cnc2s1. The van der Waals surface area contributed by atoms with Crippen molar-refractivity contribution >= 4 is 39.1 Å². The Kier molecular flexibility index (Phi) is 5.73. The Morgan fingerprint density at radius 1 is 1.22 bits per heavy atom. The van der Waals surface area contributed by atoms with Crippen LogP contribution in [0.15, 0.2) is 30.9 Å². The van der Waals surface area contributed by atoms with Crippen molar-refractivity contribution in [2.24, 2.45) is 5.92 Å². The summed E-state index contributed by atoms with van der Waals surface area (Å²) in [5, 5.41) is 9.52. The maximum absolute atomic E-state index is 13.0. The molecule has 1 atom stereocenters. The third-order valence-corrected chi connectivity index (χ3v) is 7.40. The zero-order chi connectivity index (χ0) is 22.2. The van der Waals surface area contributed by atoms with Gasteiger partial charge in [0.15, 0.2) is 5.82 Å². The minimum Gasteiger partial charge on any atom is -0.299 e. The quantitative estimate of drug-likeness (QED) is 0.385. The number of hydrogen-bond donors (Lipinski definition) is 0. The molecule has 4 heterocycles. The second-order valence-electron chi connectivity index (χ2n) is 8.42. The summed E-state index contributed by atoms with van der Waals surface area (Å²) in [4.78, 5) is 29.1. The number of halogens is 1. The lowest BCUT2D eigenvalue weighted by Gasteiger charge is -2.32. The van der Waals surface area contributed by atoms with Crippen molar-refractivity contribution in [1.29, 1.82) is 0 Å². The van der Waals surface area contributed by atoms with Crippen LogP contribution < -0.4 is 0 Å². The van der Waals surface area contributed by atoms with Gasteiger partial charge in [-0.05, 0) is 54.4 Å². The van der Waals surface area contributed by atoms with Gasteiger partial charge in [-0.1, -0.05) is 36.3 Å². The first-order valence-electron chi connectivity index (χ1n) is 10.8. The van der Waals surface area contributed by atoms with Crippen molar-refractivity contribution in [2.45, 2.75) is 51.9 Å². The molecule has 7 nitrogen and oxygen atoms in total. The van der Waals surface area contributed by atoms with E-state index in [1.807, 2.05) is 13.1 Å². The van der Waals surface area contributed by atoms with E-state index in [-0.39, 0.29) is 12.2 Å². The van der Waals surface area contributed by atoms with Gasteiger partial charge in [0.05, 0.1) is 22.4 Å². The van der Waals surface area contributed by atoms with E-state index in [0.717, 1.165) is 26.5 Å². The Hall–Kier alpha value is -2.71. The number of nitrogens with zero attached hydrogens (tertiary/aromatic N) is 6. The van der Waals surface area contributed by atoms with Crippen LogP contribution in [0.2, 0.25) is 5.02 Å². The number of ketones is 1. The van der Waals surface area contributed by atoms with Crippen LogP contribution in [0.3, 0.4) is 0 Å². The molecule has 0 N–H and O–H groups in total.